The molecule has 0 saturated carbocycles. The van der Waals surface area contributed by atoms with Gasteiger partial charge in [-0.25, -0.2) is 4.79 Å². The average Bonchev–Trinajstić information content (AvgIpc) is 2.61. The molecule has 0 heterocycles. The summed E-state index contributed by atoms with van der Waals surface area (Å²) in [5.74, 6) is -0.439. The van der Waals surface area contributed by atoms with E-state index in [0.717, 1.165) is 12.0 Å². The van der Waals surface area contributed by atoms with Gasteiger partial charge in [-0.3, -0.25) is 4.79 Å². The molecule has 0 aliphatic heterocycles. The van der Waals surface area contributed by atoms with Crippen LogP contribution in [0.2, 0.25) is 0 Å². The van der Waals surface area contributed by atoms with Gasteiger partial charge >= 0.3 is 5.97 Å². The normalized spacial score (nSPS) is 10.2. The number of amides is 1. The van der Waals surface area contributed by atoms with Crippen LogP contribution in [0, 0.1) is 0 Å². The fourth-order valence-electron chi connectivity index (χ4n) is 2.38. The van der Waals surface area contributed by atoms with Gasteiger partial charge in [0.25, 0.3) is 5.91 Å². The standard InChI is InChI=1S/C19H21NO3/c1-3-13-20(14-15-7-5-4-6-8-15)18(21)16-9-11-17(12-10-16)19(22)23-2/h4-12H,3,13-14H2,1-2H3. The molecule has 0 atom stereocenters. The number of esters is 1. The highest BCUT2D eigenvalue weighted by Gasteiger charge is 2.16. The molecule has 2 aromatic rings. The van der Waals surface area contributed by atoms with Crippen LogP contribution in [0.3, 0.4) is 0 Å². The zero-order valence-corrected chi connectivity index (χ0v) is 13.5. The molecule has 0 bridgehead atoms. The third-order valence-corrected chi connectivity index (χ3v) is 3.55. The Kier molecular flexibility index (Phi) is 5.92. The molecular weight excluding hydrogens is 290 g/mol. The van der Waals surface area contributed by atoms with Gasteiger partial charge in [-0.05, 0) is 36.2 Å². The maximum Gasteiger partial charge on any atom is 0.337 e. The van der Waals surface area contributed by atoms with Crippen LogP contribution >= 0.6 is 0 Å². The molecule has 0 aromatic heterocycles. The second-order valence-corrected chi connectivity index (χ2v) is 5.28. The lowest BCUT2D eigenvalue weighted by molar-refractivity contribution is 0.0599. The van der Waals surface area contributed by atoms with Gasteiger partial charge in [0.15, 0.2) is 0 Å². The van der Waals surface area contributed by atoms with E-state index < -0.39 is 5.97 Å². The van der Waals surface area contributed by atoms with E-state index in [0.29, 0.717) is 24.2 Å². The topological polar surface area (TPSA) is 46.6 Å². The van der Waals surface area contributed by atoms with Crippen LogP contribution in [0.25, 0.3) is 0 Å². The number of methoxy groups -OCH3 is 1. The highest BCUT2D eigenvalue weighted by molar-refractivity contribution is 5.96. The van der Waals surface area contributed by atoms with Gasteiger partial charge in [-0.15, -0.1) is 0 Å². The van der Waals surface area contributed by atoms with Crippen molar-refractivity contribution in [2.75, 3.05) is 13.7 Å². The molecular formula is C19H21NO3. The van der Waals surface area contributed by atoms with Crippen molar-refractivity contribution in [2.24, 2.45) is 0 Å². The molecule has 0 radical (unpaired) electrons. The fourth-order valence-corrected chi connectivity index (χ4v) is 2.38. The van der Waals surface area contributed by atoms with Crippen molar-refractivity contribution < 1.29 is 14.3 Å². The van der Waals surface area contributed by atoms with Crippen molar-refractivity contribution in [3.8, 4) is 0 Å². The van der Waals surface area contributed by atoms with E-state index in [1.165, 1.54) is 7.11 Å². The van der Waals surface area contributed by atoms with Crippen LogP contribution in [0.5, 0.6) is 0 Å². The van der Waals surface area contributed by atoms with E-state index in [4.69, 9.17) is 0 Å². The number of hydrogen-bond donors (Lipinski definition) is 0. The molecule has 23 heavy (non-hydrogen) atoms. The second kappa shape index (κ2) is 8.13. The van der Waals surface area contributed by atoms with Crippen molar-refractivity contribution in [1.82, 2.24) is 4.90 Å². The molecule has 4 heteroatoms. The molecule has 0 aliphatic rings. The Morgan fingerprint density at radius 2 is 1.57 bits per heavy atom. The van der Waals surface area contributed by atoms with Gasteiger partial charge < -0.3 is 9.64 Å². The first-order valence-electron chi connectivity index (χ1n) is 7.67. The second-order valence-electron chi connectivity index (χ2n) is 5.28. The monoisotopic (exact) mass is 311 g/mol. The predicted octanol–water partition coefficient (Wildman–Crippen LogP) is 3.53. The molecule has 1 amide bonds. The molecule has 0 unspecified atom stereocenters. The van der Waals surface area contributed by atoms with E-state index in [-0.39, 0.29) is 5.91 Å². The molecule has 0 spiro atoms. The van der Waals surface area contributed by atoms with Gasteiger partial charge in [0.2, 0.25) is 0 Å². The Bertz CT molecular complexity index is 650. The van der Waals surface area contributed by atoms with Crippen LogP contribution in [-0.4, -0.2) is 30.4 Å². The summed E-state index contributed by atoms with van der Waals surface area (Å²) in [4.78, 5) is 26.0. The summed E-state index contributed by atoms with van der Waals surface area (Å²) in [7, 11) is 1.34. The molecule has 0 N–H and O–H groups in total. The van der Waals surface area contributed by atoms with Gasteiger partial charge in [0.1, 0.15) is 0 Å². The minimum Gasteiger partial charge on any atom is -0.465 e. The van der Waals surface area contributed by atoms with E-state index in [2.05, 4.69) is 4.74 Å². The highest BCUT2D eigenvalue weighted by Crippen LogP contribution is 2.12. The molecule has 120 valence electrons. The van der Waals surface area contributed by atoms with E-state index in [1.54, 1.807) is 24.3 Å². The maximum absolute atomic E-state index is 12.7. The number of nitrogens with zero attached hydrogens (tertiary/aromatic N) is 1. The Balaban J connectivity index is 2.15. The average molecular weight is 311 g/mol. The van der Waals surface area contributed by atoms with Crippen molar-refractivity contribution in [1.29, 1.82) is 0 Å². The third kappa shape index (κ3) is 4.42. The SMILES string of the molecule is CCCN(Cc1ccccc1)C(=O)c1ccc(C(=O)OC)cc1. The third-order valence-electron chi connectivity index (χ3n) is 3.55. The van der Waals surface area contributed by atoms with E-state index in [9.17, 15) is 9.59 Å². The highest BCUT2D eigenvalue weighted by atomic mass is 16.5. The molecule has 0 saturated heterocycles. The lowest BCUT2D eigenvalue weighted by Gasteiger charge is -2.22. The summed E-state index contributed by atoms with van der Waals surface area (Å²) in [6, 6.07) is 16.5. The molecule has 4 nitrogen and oxygen atoms in total. The maximum atomic E-state index is 12.7. The number of hydrogen-bond acceptors (Lipinski definition) is 3. The Hall–Kier alpha value is -2.62. The Morgan fingerprint density at radius 3 is 2.13 bits per heavy atom. The minimum absolute atomic E-state index is 0.0351. The summed E-state index contributed by atoms with van der Waals surface area (Å²) >= 11 is 0. The van der Waals surface area contributed by atoms with Crippen molar-refractivity contribution >= 4 is 11.9 Å². The zero-order valence-electron chi connectivity index (χ0n) is 13.5. The van der Waals surface area contributed by atoms with Crippen LogP contribution in [0.4, 0.5) is 0 Å². The van der Waals surface area contributed by atoms with Crippen molar-refractivity contribution in [3.05, 3.63) is 71.3 Å². The van der Waals surface area contributed by atoms with Gasteiger partial charge in [-0.2, -0.15) is 0 Å². The lowest BCUT2D eigenvalue weighted by Crippen LogP contribution is -2.31. The quantitative estimate of drug-likeness (QED) is 0.767. The molecule has 0 aliphatic carbocycles. The van der Waals surface area contributed by atoms with Gasteiger partial charge in [0.05, 0.1) is 12.7 Å². The number of ether oxygens (including phenoxy) is 1. The van der Waals surface area contributed by atoms with Crippen molar-refractivity contribution in [3.63, 3.8) is 0 Å². The lowest BCUT2D eigenvalue weighted by atomic mass is 10.1. The van der Waals surface area contributed by atoms with E-state index >= 15 is 0 Å². The van der Waals surface area contributed by atoms with Gasteiger partial charge in [-0.1, -0.05) is 37.3 Å². The van der Waals surface area contributed by atoms with Gasteiger partial charge in [0, 0.05) is 18.7 Å². The number of benzene rings is 2. The van der Waals surface area contributed by atoms with Crippen LogP contribution in [0.1, 0.15) is 39.6 Å². The minimum atomic E-state index is -0.404. The molecule has 2 rings (SSSR count). The first-order valence-corrected chi connectivity index (χ1v) is 7.67. The Morgan fingerprint density at radius 1 is 0.957 bits per heavy atom. The largest absolute Gasteiger partial charge is 0.465 e. The van der Waals surface area contributed by atoms with Crippen LogP contribution in [0.15, 0.2) is 54.6 Å². The zero-order chi connectivity index (χ0) is 16.7. The summed E-state index contributed by atoms with van der Waals surface area (Å²) in [6.07, 6.45) is 0.888. The fraction of sp³-hybridized carbons (Fsp3) is 0.263. The molecule has 2 aromatic carbocycles. The van der Waals surface area contributed by atoms with E-state index in [1.807, 2.05) is 42.2 Å². The summed E-state index contributed by atoms with van der Waals surface area (Å²) in [6.45, 7) is 3.31. The summed E-state index contributed by atoms with van der Waals surface area (Å²) in [5, 5.41) is 0. The van der Waals surface area contributed by atoms with Crippen molar-refractivity contribution in [2.45, 2.75) is 19.9 Å². The molecule has 0 fully saturated rings. The van der Waals surface area contributed by atoms with Crippen LogP contribution in [-0.2, 0) is 11.3 Å². The number of carbonyl (C=O) groups excluding carboxylic acids is 2. The number of rotatable bonds is 6. The first kappa shape index (κ1) is 16.7. The Labute approximate surface area is 136 Å². The summed E-state index contributed by atoms with van der Waals surface area (Å²) < 4.78 is 4.67. The summed E-state index contributed by atoms with van der Waals surface area (Å²) in [5.41, 5.74) is 2.11. The number of carbonyl (C=O) groups is 2. The van der Waals surface area contributed by atoms with Crippen LogP contribution < -0.4 is 0 Å². The first-order chi connectivity index (χ1) is 11.2. The predicted molar refractivity (Wildman–Crippen MR) is 89.3 cm³/mol. The smallest absolute Gasteiger partial charge is 0.337 e.